The molecule has 9 heteroatoms. The normalized spacial score (nSPS) is 19.4. The second-order valence-corrected chi connectivity index (χ2v) is 8.37. The summed E-state index contributed by atoms with van der Waals surface area (Å²) in [5.74, 6) is 1.33. The molecule has 168 valence electrons. The Bertz CT molecular complexity index is 1120. The number of rotatable bonds is 4. The van der Waals surface area contributed by atoms with Gasteiger partial charge in [0.2, 0.25) is 5.88 Å². The van der Waals surface area contributed by atoms with E-state index < -0.39 is 0 Å². The van der Waals surface area contributed by atoms with Crippen molar-refractivity contribution in [2.45, 2.75) is 37.5 Å². The predicted octanol–water partition coefficient (Wildman–Crippen LogP) is 3.18. The Kier molecular flexibility index (Phi) is 5.34. The van der Waals surface area contributed by atoms with Crippen molar-refractivity contribution >= 4 is 17.0 Å². The fraction of sp³-hybridized carbons (Fsp3) is 0.435. The Labute approximate surface area is 186 Å². The maximum absolute atomic E-state index is 11.9. The summed E-state index contributed by atoms with van der Waals surface area (Å²) >= 11 is 0. The molecule has 2 N–H and O–H groups in total. The van der Waals surface area contributed by atoms with Crippen LogP contribution >= 0.6 is 0 Å². The lowest BCUT2D eigenvalue weighted by molar-refractivity contribution is -0.0243. The third-order valence-electron chi connectivity index (χ3n) is 6.51. The zero-order valence-electron chi connectivity index (χ0n) is 18.3. The summed E-state index contributed by atoms with van der Waals surface area (Å²) < 4.78 is 16.8. The van der Waals surface area contributed by atoms with Crippen molar-refractivity contribution in [2.75, 3.05) is 27.3 Å². The molecule has 9 nitrogen and oxygen atoms in total. The molecule has 1 fully saturated rings. The minimum atomic E-state index is -0.356. The number of carbonyl (C=O) groups excluding carboxylic acids is 1. The van der Waals surface area contributed by atoms with Gasteiger partial charge in [-0.1, -0.05) is 18.2 Å². The van der Waals surface area contributed by atoms with E-state index in [2.05, 4.69) is 21.6 Å². The molecular formula is C23H27N5O4. The molecule has 1 saturated heterocycles. The number of aromatic nitrogens is 3. The number of para-hydroxylation sites is 1. The number of ether oxygens (including phenoxy) is 3. The summed E-state index contributed by atoms with van der Waals surface area (Å²) in [5.41, 5.74) is 2.67. The Balaban J connectivity index is 1.40. The molecule has 1 amide bonds. The fourth-order valence-electron chi connectivity index (χ4n) is 4.75. The highest BCUT2D eigenvalue weighted by molar-refractivity contribution is 5.81. The molecule has 0 saturated carbocycles. The first-order valence-electron chi connectivity index (χ1n) is 10.8. The SMILES string of the molecule is COC(=O)N1CCC2(CC1)C[C@H](NCc1cccc3cn[nH]c13)c1nc(OC)ccc1O2. The molecule has 0 aliphatic carbocycles. The van der Waals surface area contributed by atoms with E-state index in [0.29, 0.717) is 25.5 Å². The Hall–Kier alpha value is -3.33. The first-order valence-corrected chi connectivity index (χ1v) is 10.8. The van der Waals surface area contributed by atoms with E-state index in [-0.39, 0.29) is 17.7 Å². The van der Waals surface area contributed by atoms with Gasteiger partial charge in [0.15, 0.2) is 0 Å². The average molecular weight is 438 g/mol. The van der Waals surface area contributed by atoms with Crippen molar-refractivity contribution in [3.63, 3.8) is 0 Å². The van der Waals surface area contributed by atoms with Crippen LogP contribution < -0.4 is 14.8 Å². The molecule has 2 aromatic heterocycles. The first kappa shape index (κ1) is 20.6. The van der Waals surface area contributed by atoms with Gasteiger partial charge in [0, 0.05) is 50.3 Å². The Morgan fingerprint density at radius 3 is 2.91 bits per heavy atom. The summed E-state index contributed by atoms with van der Waals surface area (Å²) in [6, 6.07) is 9.91. The molecule has 5 rings (SSSR count). The largest absolute Gasteiger partial charge is 0.485 e. The number of H-pyrrole nitrogens is 1. The van der Waals surface area contributed by atoms with Gasteiger partial charge in [-0.05, 0) is 11.6 Å². The third kappa shape index (κ3) is 3.73. The molecule has 1 atom stereocenters. The minimum Gasteiger partial charge on any atom is -0.485 e. The molecule has 32 heavy (non-hydrogen) atoms. The molecule has 4 heterocycles. The molecule has 1 spiro atoms. The summed E-state index contributed by atoms with van der Waals surface area (Å²) in [6.45, 7) is 1.87. The Morgan fingerprint density at radius 2 is 2.12 bits per heavy atom. The average Bonchev–Trinajstić information content (AvgIpc) is 3.32. The van der Waals surface area contributed by atoms with E-state index in [0.717, 1.165) is 47.2 Å². The zero-order chi connectivity index (χ0) is 22.1. The molecule has 1 aromatic carbocycles. The lowest BCUT2D eigenvalue weighted by atomic mass is 9.82. The van der Waals surface area contributed by atoms with Crippen molar-refractivity contribution in [2.24, 2.45) is 0 Å². The van der Waals surface area contributed by atoms with Gasteiger partial charge in [0.25, 0.3) is 0 Å². The lowest BCUT2D eigenvalue weighted by Crippen LogP contribution is -2.53. The Morgan fingerprint density at radius 1 is 1.28 bits per heavy atom. The lowest BCUT2D eigenvalue weighted by Gasteiger charge is -2.46. The van der Waals surface area contributed by atoms with Crippen molar-refractivity contribution in [1.82, 2.24) is 25.4 Å². The number of nitrogens with one attached hydrogen (secondary N) is 2. The number of benzene rings is 1. The van der Waals surface area contributed by atoms with Crippen LogP contribution in [0.5, 0.6) is 11.6 Å². The van der Waals surface area contributed by atoms with E-state index in [1.165, 1.54) is 7.11 Å². The number of likely N-dealkylation sites (tertiary alicyclic amines) is 1. The highest BCUT2D eigenvalue weighted by Crippen LogP contribution is 2.44. The number of hydrogen-bond donors (Lipinski definition) is 2. The van der Waals surface area contributed by atoms with Crippen molar-refractivity contribution in [3.8, 4) is 11.6 Å². The van der Waals surface area contributed by atoms with E-state index in [9.17, 15) is 4.79 Å². The zero-order valence-corrected chi connectivity index (χ0v) is 18.3. The highest BCUT2D eigenvalue weighted by Gasteiger charge is 2.44. The summed E-state index contributed by atoms with van der Waals surface area (Å²) in [7, 11) is 3.03. The van der Waals surface area contributed by atoms with Gasteiger partial charge in [0.05, 0.1) is 32.0 Å². The summed E-state index contributed by atoms with van der Waals surface area (Å²) in [5, 5.41) is 12.0. The highest BCUT2D eigenvalue weighted by atomic mass is 16.5. The number of hydrogen-bond acceptors (Lipinski definition) is 7. The quantitative estimate of drug-likeness (QED) is 0.646. The van der Waals surface area contributed by atoms with E-state index in [1.807, 2.05) is 30.5 Å². The summed E-state index contributed by atoms with van der Waals surface area (Å²) in [6.07, 6.45) is 3.78. The second kappa shape index (κ2) is 8.31. The number of amides is 1. The van der Waals surface area contributed by atoms with Gasteiger partial charge in [-0.2, -0.15) is 5.10 Å². The predicted molar refractivity (Wildman–Crippen MR) is 118 cm³/mol. The molecule has 2 aliphatic heterocycles. The van der Waals surface area contributed by atoms with E-state index >= 15 is 0 Å². The molecule has 0 radical (unpaired) electrons. The van der Waals surface area contributed by atoms with Crippen molar-refractivity contribution in [3.05, 3.63) is 47.8 Å². The number of fused-ring (bicyclic) bond motifs is 2. The topological polar surface area (TPSA) is 102 Å². The summed E-state index contributed by atoms with van der Waals surface area (Å²) in [4.78, 5) is 18.4. The molecule has 0 unspecified atom stereocenters. The van der Waals surface area contributed by atoms with Crippen LogP contribution in [-0.2, 0) is 11.3 Å². The van der Waals surface area contributed by atoms with Crippen LogP contribution in [0.3, 0.4) is 0 Å². The third-order valence-corrected chi connectivity index (χ3v) is 6.51. The number of piperidine rings is 1. The maximum Gasteiger partial charge on any atom is 0.409 e. The monoisotopic (exact) mass is 437 g/mol. The molecule has 3 aromatic rings. The second-order valence-electron chi connectivity index (χ2n) is 8.37. The fourth-order valence-corrected chi connectivity index (χ4v) is 4.75. The van der Waals surface area contributed by atoms with Gasteiger partial charge >= 0.3 is 6.09 Å². The maximum atomic E-state index is 11.9. The van der Waals surface area contributed by atoms with Crippen molar-refractivity contribution in [1.29, 1.82) is 0 Å². The van der Waals surface area contributed by atoms with E-state index in [1.54, 1.807) is 12.0 Å². The van der Waals surface area contributed by atoms with Crippen LogP contribution in [0.1, 0.15) is 36.6 Å². The van der Waals surface area contributed by atoms with Gasteiger partial charge in [-0.25, -0.2) is 9.78 Å². The standard InChI is InChI=1S/C23H27N5O4/c1-30-19-7-6-18-21(26-19)17(24-13-15-4-3-5-16-14-25-27-20(15)16)12-23(32-18)8-10-28(11-9-23)22(29)31-2/h3-7,14,17,24H,8-13H2,1-2H3,(H,25,27)/t17-/m0/s1. The number of aromatic amines is 1. The van der Waals surface area contributed by atoms with Gasteiger partial charge < -0.3 is 24.4 Å². The number of nitrogens with zero attached hydrogens (tertiary/aromatic N) is 3. The smallest absolute Gasteiger partial charge is 0.409 e. The van der Waals surface area contributed by atoms with Gasteiger partial charge in [-0.3, -0.25) is 5.10 Å². The number of methoxy groups -OCH3 is 2. The molecule has 0 bridgehead atoms. The van der Waals surface area contributed by atoms with Crippen LogP contribution in [0.2, 0.25) is 0 Å². The van der Waals surface area contributed by atoms with Crippen LogP contribution in [0.4, 0.5) is 4.79 Å². The van der Waals surface area contributed by atoms with Crippen molar-refractivity contribution < 1.29 is 19.0 Å². The van der Waals surface area contributed by atoms with Crippen LogP contribution in [0, 0.1) is 0 Å². The molecular weight excluding hydrogens is 410 g/mol. The first-order chi connectivity index (χ1) is 15.6. The van der Waals surface area contributed by atoms with Crippen LogP contribution in [0.25, 0.3) is 10.9 Å². The number of carbonyl (C=O) groups is 1. The van der Waals surface area contributed by atoms with Crippen LogP contribution in [-0.4, -0.2) is 59.1 Å². The van der Waals surface area contributed by atoms with Crippen LogP contribution in [0.15, 0.2) is 36.5 Å². The van der Waals surface area contributed by atoms with E-state index in [4.69, 9.17) is 19.2 Å². The minimum absolute atomic E-state index is 0.0169. The number of pyridine rings is 1. The van der Waals surface area contributed by atoms with Gasteiger partial charge in [-0.15, -0.1) is 0 Å². The molecule has 2 aliphatic rings. The van der Waals surface area contributed by atoms with Gasteiger partial charge in [0.1, 0.15) is 17.0 Å².